The summed E-state index contributed by atoms with van der Waals surface area (Å²) in [5.41, 5.74) is 7.26. The van der Waals surface area contributed by atoms with E-state index in [0.29, 0.717) is 174 Å². The normalized spacial score (nSPS) is 11.8. The molecule has 586 valence electrons. The van der Waals surface area contributed by atoms with E-state index in [1.165, 1.54) is 198 Å². The number of fused-ring (bicyclic) bond motifs is 22. The van der Waals surface area contributed by atoms with E-state index in [1.54, 1.807) is 36.3 Å². The Kier molecular flexibility index (Phi) is 22.7. The number of terminal acetylenes is 1. The predicted octanol–water partition coefficient (Wildman–Crippen LogP) is 27.1. The van der Waals surface area contributed by atoms with Crippen LogP contribution in [0.4, 0.5) is 0 Å². The van der Waals surface area contributed by atoms with E-state index in [0.717, 1.165) is 25.6 Å². The van der Waals surface area contributed by atoms with Gasteiger partial charge in [-0.05, 0) is 0 Å². The van der Waals surface area contributed by atoms with E-state index in [9.17, 15) is 0 Å². The summed E-state index contributed by atoms with van der Waals surface area (Å²) >= 11 is 19.4. The fraction of sp³-hybridized carbons (Fsp3) is 0.0280. The molecule has 0 radical (unpaired) electrons. The second-order valence-electron chi connectivity index (χ2n) is 30.8. The summed E-state index contributed by atoms with van der Waals surface area (Å²) in [5.74, 6) is 11.9. The van der Waals surface area contributed by atoms with Crippen LogP contribution in [-0.4, -0.2) is 174 Å². The Bertz CT molecular complexity index is 9020. The molecule has 0 fully saturated rings. The van der Waals surface area contributed by atoms with E-state index in [2.05, 4.69) is 390 Å². The molecule has 0 saturated carbocycles. The van der Waals surface area contributed by atoms with Gasteiger partial charge in [-0.25, -0.2) is 0 Å². The maximum atomic E-state index is 5.46. The number of hydrogen-bond donors (Lipinski definition) is 0. The van der Waals surface area contributed by atoms with Gasteiger partial charge in [0.2, 0.25) is 0 Å². The topological polar surface area (TPSA) is 0 Å². The molecule has 11 heterocycles. The molecule has 0 spiro atoms. The van der Waals surface area contributed by atoms with Crippen molar-refractivity contribution in [2.24, 2.45) is 0 Å². The Hall–Kier alpha value is -5.48. The van der Waals surface area contributed by atoms with Crippen LogP contribution in [0.15, 0.2) is 296 Å². The Balaban J connectivity index is 0.0000000916. The third kappa shape index (κ3) is 15.7. The average molecular weight is 2660 g/mol. The molecule has 0 aliphatic rings. The van der Waals surface area contributed by atoms with Crippen LogP contribution in [0.5, 0.6) is 0 Å². The summed E-state index contributed by atoms with van der Waals surface area (Å²) in [7, 11) is 0. The Morgan fingerprint density at radius 1 is 0.268 bits per heavy atom. The molecular formula is C107H58Br3ISe12. The van der Waals surface area contributed by atoms with Crippen molar-refractivity contribution in [2.45, 2.75) is 19.7 Å². The second-order valence-corrected chi connectivity index (χ2v) is 58.7. The Morgan fingerprint density at radius 3 is 0.911 bits per heavy atom. The van der Waals surface area contributed by atoms with Crippen LogP contribution >= 0.6 is 70.4 Å². The van der Waals surface area contributed by atoms with Gasteiger partial charge in [0.05, 0.1) is 0 Å². The van der Waals surface area contributed by atoms with Crippen LogP contribution in [0.3, 0.4) is 0 Å². The molecular weight excluding hydrogens is 2600 g/mol. The first kappa shape index (κ1) is 82.0. The van der Waals surface area contributed by atoms with Gasteiger partial charge in [-0.3, -0.25) is 0 Å². The summed E-state index contributed by atoms with van der Waals surface area (Å²) in [6, 6.07) is 93.5. The van der Waals surface area contributed by atoms with Crippen LogP contribution < -0.4 is 4.46 Å². The third-order valence-corrected chi connectivity index (χ3v) is 51.7. The van der Waals surface area contributed by atoms with Gasteiger partial charge in [0.15, 0.2) is 0 Å². The van der Waals surface area contributed by atoms with Crippen LogP contribution in [0.1, 0.15) is 27.8 Å². The molecule has 0 atom stereocenters. The molecule has 16 heteroatoms. The van der Waals surface area contributed by atoms with Crippen molar-refractivity contribution in [2.75, 3.05) is 0 Å². The van der Waals surface area contributed by atoms with E-state index in [1.807, 2.05) is 0 Å². The van der Waals surface area contributed by atoms with Crippen LogP contribution in [-0.2, 0) is 0 Å². The van der Waals surface area contributed by atoms with Gasteiger partial charge in [0, 0.05) is 0 Å². The maximum absolute atomic E-state index is 5.46. The zero-order valence-corrected chi connectivity index (χ0v) is 92.7. The van der Waals surface area contributed by atoms with Crippen molar-refractivity contribution in [3.8, 4) is 34.2 Å². The summed E-state index contributed by atoms with van der Waals surface area (Å²) in [5, 5.41) is 37.4. The Labute approximate surface area is 818 Å². The zero-order chi connectivity index (χ0) is 82.6. The zero-order valence-electron chi connectivity index (χ0n) is 65.2. The minimum atomic E-state index is 0.318. The first-order valence-electron chi connectivity index (χ1n) is 39.4. The average Bonchev–Trinajstić information content (AvgIpc) is 1.58. The standard InChI is InChI=1S/C27H15BrSe3.C26H12BrISe3.C26H12Se4.C14H7BrSe.C14H12Se/c1-29-25-13-23-15-27-19(5-7-31-27)11-21(23)9-17(25)3-2-16-8-20-10-18-4-6-30-26(18)14-22(20)12-24(16)28;27-21-9-17-10-22-13(1-3-29-22)5-15(17)7-19(21)26-25(28)20-8-16-6-14-2-4-30-23(14)11-18(16)12-24(20)31-26;1-3-27-21-9-17-11-23-19(7-15(17)5-13(1)21)25-26(29-23)20-8-16-6-14-2-4-28-22(14)10-18(16)12-24(20)30-25;1-2-9-5-11-6-10-3-4-16-14(10)8-12(11)7-13(9)15;1-9-5-12-7-11-3-4-15-14(11)8-13(12)6-10(9)2/h4-15H,1H3;1-12H;1-12H;1,3-8H;3-8H,1-2H3. The molecule has 0 unspecified atom stereocenters. The fourth-order valence-corrected chi connectivity index (χ4v) is 44.1. The Morgan fingerprint density at radius 2 is 0.537 bits per heavy atom. The summed E-state index contributed by atoms with van der Waals surface area (Å²) in [4.78, 5) is 18.5. The molecule has 0 amide bonds. The van der Waals surface area contributed by atoms with Gasteiger partial charge in [0.25, 0.3) is 0 Å². The second kappa shape index (κ2) is 34.1. The van der Waals surface area contributed by atoms with Crippen molar-refractivity contribution in [3.05, 3.63) is 327 Å². The van der Waals surface area contributed by atoms with E-state index in [4.69, 9.17) is 6.42 Å². The first-order valence-corrected chi connectivity index (χ1v) is 65.3. The van der Waals surface area contributed by atoms with Gasteiger partial charge in [-0.2, -0.15) is 0 Å². The van der Waals surface area contributed by atoms with E-state index in [-0.39, 0.29) is 0 Å². The number of halogens is 4. The summed E-state index contributed by atoms with van der Waals surface area (Å²) in [6.45, 7) is 4.37. The monoisotopic (exact) mass is 2670 g/mol. The molecule has 0 aliphatic heterocycles. The molecule has 123 heavy (non-hydrogen) atoms. The molecule has 27 rings (SSSR count). The molecule has 0 nitrogen and oxygen atoms in total. The van der Waals surface area contributed by atoms with E-state index < -0.39 is 0 Å². The van der Waals surface area contributed by atoms with Crippen molar-refractivity contribution >= 4 is 450 Å². The number of aryl methyl sites for hydroxylation is 2. The number of hydrogen-bond acceptors (Lipinski definition) is 0. The molecule has 27 aromatic rings. The van der Waals surface area contributed by atoms with Crippen molar-refractivity contribution in [1.29, 1.82) is 0 Å². The van der Waals surface area contributed by atoms with Gasteiger partial charge in [-0.1, -0.05) is 0 Å². The van der Waals surface area contributed by atoms with Crippen LogP contribution in [0.2, 0.25) is 5.82 Å². The minimum absolute atomic E-state index is 0.318. The fourth-order valence-electron chi connectivity index (χ4n) is 16.8. The molecule has 11 aromatic heterocycles. The SMILES string of the molecule is Brc1cc2cc3[se]ccc3cc2cc1-c1[se]c2cc3cc4[se]ccc4cc3cc2c1I.C#Cc1cc2cc3cc[se]c3cc2cc1Br.C[Se]c1cc2cc3[se]ccc3cc2cc1C#Cc1cc2cc3cc[se]c3cc2cc1Br.Cc1cc2cc3cc[se]c3cc2cc1C.c1cc2cc3cc4c(cc3cc2[se]1)[se]c1c2cc3cc5cc[se]c5cc3cc2[se]c41. The first-order chi connectivity index (χ1) is 60.1. The van der Waals surface area contributed by atoms with Crippen LogP contribution in [0.25, 0.3) is 211 Å². The van der Waals surface area contributed by atoms with Gasteiger partial charge < -0.3 is 0 Å². The predicted molar refractivity (Wildman–Crippen MR) is 571 cm³/mol. The third-order valence-electron chi connectivity index (χ3n) is 23.3. The molecule has 0 aliphatic carbocycles. The van der Waals surface area contributed by atoms with Gasteiger partial charge in [-0.15, -0.1) is 0 Å². The number of rotatable bonds is 2. The van der Waals surface area contributed by atoms with Crippen molar-refractivity contribution in [3.63, 3.8) is 0 Å². The molecule has 0 N–H and O–H groups in total. The molecule has 0 saturated heterocycles. The van der Waals surface area contributed by atoms with E-state index >= 15 is 0 Å². The summed E-state index contributed by atoms with van der Waals surface area (Å²) < 4.78 is 27.7. The number of benzene rings is 16. The quantitative estimate of drug-likeness (QED) is 0.0919. The summed E-state index contributed by atoms with van der Waals surface area (Å²) in [6.07, 6.45) is 5.46. The van der Waals surface area contributed by atoms with Crippen molar-refractivity contribution < 1.29 is 0 Å². The van der Waals surface area contributed by atoms with Crippen LogP contribution in [0, 0.1) is 41.6 Å². The molecule has 16 aromatic carbocycles. The van der Waals surface area contributed by atoms with Gasteiger partial charge >= 0.3 is 831 Å². The molecule has 0 bridgehead atoms. The van der Waals surface area contributed by atoms with Crippen molar-refractivity contribution in [1.82, 2.24) is 0 Å². The van der Waals surface area contributed by atoms with Gasteiger partial charge in [0.1, 0.15) is 0 Å².